The SMILES string of the molecule is CN(C)C1C2COC(O2)C(n2cnc3ccccc32)C1O. The molecule has 5 atom stereocenters. The van der Waals surface area contributed by atoms with E-state index in [9.17, 15) is 5.11 Å². The van der Waals surface area contributed by atoms with Gasteiger partial charge in [-0.2, -0.15) is 0 Å². The molecule has 0 radical (unpaired) electrons. The van der Waals surface area contributed by atoms with Gasteiger partial charge in [0.15, 0.2) is 6.29 Å². The van der Waals surface area contributed by atoms with Gasteiger partial charge in [0.1, 0.15) is 12.1 Å². The van der Waals surface area contributed by atoms with Gasteiger partial charge in [0.05, 0.1) is 36.1 Å². The van der Waals surface area contributed by atoms with Gasteiger partial charge in [-0.1, -0.05) is 12.1 Å². The number of aliphatic hydroxyl groups is 1. The van der Waals surface area contributed by atoms with E-state index in [-0.39, 0.29) is 18.2 Å². The van der Waals surface area contributed by atoms with E-state index in [1.807, 2.05) is 47.8 Å². The second-order valence-electron chi connectivity index (χ2n) is 5.95. The minimum absolute atomic E-state index is 0.0777. The molecule has 5 unspecified atom stereocenters. The van der Waals surface area contributed by atoms with Gasteiger partial charge in [0.25, 0.3) is 0 Å². The molecule has 0 spiro atoms. The van der Waals surface area contributed by atoms with Gasteiger partial charge in [-0.15, -0.1) is 0 Å². The molecule has 2 aliphatic heterocycles. The lowest BCUT2D eigenvalue weighted by molar-refractivity contribution is -0.177. The standard InChI is InChI=1S/C15H19N3O3/c1-17(2)12-11-7-20-15(21-11)13(14(12)19)18-8-16-9-5-3-4-6-10(9)18/h3-6,8,11-15,19H,7H2,1-2H3. The number of likely N-dealkylation sites (N-methyl/N-ethyl adjacent to an activating group) is 1. The summed E-state index contributed by atoms with van der Waals surface area (Å²) in [5.41, 5.74) is 1.89. The van der Waals surface area contributed by atoms with Gasteiger partial charge in [-0.3, -0.25) is 0 Å². The van der Waals surface area contributed by atoms with E-state index in [0.29, 0.717) is 6.61 Å². The van der Waals surface area contributed by atoms with Crippen molar-refractivity contribution in [3.63, 3.8) is 0 Å². The largest absolute Gasteiger partial charge is 0.389 e. The predicted molar refractivity (Wildman–Crippen MR) is 76.9 cm³/mol. The summed E-state index contributed by atoms with van der Waals surface area (Å²) >= 11 is 0. The Kier molecular flexibility index (Phi) is 3.00. The number of fused-ring (bicyclic) bond motifs is 3. The Morgan fingerprint density at radius 1 is 1.33 bits per heavy atom. The lowest BCUT2D eigenvalue weighted by atomic mass is 9.95. The van der Waals surface area contributed by atoms with Crippen LogP contribution in [0.15, 0.2) is 30.6 Å². The van der Waals surface area contributed by atoms with E-state index >= 15 is 0 Å². The number of imidazole rings is 1. The molecule has 112 valence electrons. The second-order valence-corrected chi connectivity index (χ2v) is 5.95. The molecule has 1 N–H and O–H groups in total. The molecule has 0 amide bonds. The summed E-state index contributed by atoms with van der Waals surface area (Å²) in [6, 6.07) is 7.51. The van der Waals surface area contributed by atoms with Crippen molar-refractivity contribution in [2.75, 3.05) is 20.7 Å². The zero-order valence-corrected chi connectivity index (χ0v) is 12.1. The van der Waals surface area contributed by atoms with Crippen LogP contribution in [0, 0.1) is 0 Å². The van der Waals surface area contributed by atoms with Crippen molar-refractivity contribution in [3.05, 3.63) is 30.6 Å². The molecular weight excluding hydrogens is 270 g/mol. The highest BCUT2D eigenvalue weighted by atomic mass is 16.7. The van der Waals surface area contributed by atoms with Crippen LogP contribution in [0.3, 0.4) is 0 Å². The normalized spacial score (nSPS) is 35.7. The molecule has 6 heteroatoms. The van der Waals surface area contributed by atoms with Crippen molar-refractivity contribution in [1.82, 2.24) is 14.5 Å². The Morgan fingerprint density at radius 2 is 2.14 bits per heavy atom. The number of aromatic nitrogens is 2. The highest BCUT2D eigenvalue weighted by molar-refractivity contribution is 5.75. The Balaban J connectivity index is 1.79. The summed E-state index contributed by atoms with van der Waals surface area (Å²) in [6.45, 7) is 0.522. The van der Waals surface area contributed by atoms with Crippen LogP contribution >= 0.6 is 0 Å². The summed E-state index contributed by atoms with van der Waals surface area (Å²) in [4.78, 5) is 6.41. The van der Waals surface area contributed by atoms with E-state index in [1.54, 1.807) is 6.33 Å². The molecule has 0 aliphatic carbocycles. The molecule has 21 heavy (non-hydrogen) atoms. The zero-order chi connectivity index (χ0) is 14.6. The number of aliphatic hydroxyl groups excluding tert-OH is 1. The summed E-state index contributed by atoms with van der Waals surface area (Å²) in [5, 5.41) is 10.9. The molecule has 4 rings (SSSR count). The van der Waals surface area contributed by atoms with Crippen LogP contribution in [-0.2, 0) is 9.47 Å². The minimum atomic E-state index is -0.566. The van der Waals surface area contributed by atoms with Gasteiger partial charge in [-0.25, -0.2) is 4.98 Å². The second kappa shape index (κ2) is 4.78. The molecular formula is C15H19N3O3. The van der Waals surface area contributed by atoms with Crippen molar-refractivity contribution in [2.24, 2.45) is 0 Å². The first-order valence-corrected chi connectivity index (χ1v) is 7.20. The third kappa shape index (κ3) is 1.91. The van der Waals surface area contributed by atoms with Crippen LogP contribution in [0.25, 0.3) is 11.0 Å². The molecule has 0 saturated carbocycles. The van der Waals surface area contributed by atoms with Gasteiger partial charge >= 0.3 is 0 Å². The highest BCUT2D eigenvalue weighted by Crippen LogP contribution is 2.38. The Hall–Kier alpha value is -1.47. The average molecular weight is 289 g/mol. The predicted octanol–water partition coefficient (Wildman–Crippen LogP) is 0.624. The van der Waals surface area contributed by atoms with Crippen LogP contribution < -0.4 is 0 Å². The van der Waals surface area contributed by atoms with Crippen LogP contribution in [0.2, 0.25) is 0 Å². The first-order valence-electron chi connectivity index (χ1n) is 7.20. The van der Waals surface area contributed by atoms with Crippen LogP contribution in [0.1, 0.15) is 6.04 Å². The summed E-state index contributed by atoms with van der Waals surface area (Å²) in [6.07, 6.45) is 0.699. The van der Waals surface area contributed by atoms with Crippen molar-refractivity contribution >= 4 is 11.0 Å². The number of benzene rings is 1. The maximum absolute atomic E-state index is 10.9. The monoisotopic (exact) mass is 289 g/mol. The van der Waals surface area contributed by atoms with Gasteiger partial charge in [0, 0.05) is 0 Å². The summed E-state index contributed by atoms with van der Waals surface area (Å²) in [7, 11) is 3.91. The van der Waals surface area contributed by atoms with Crippen molar-refractivity contribution < 1.29 is 14.6 Å². The van der Waals surface area contributed by atoms with Crippen molar-refractivity contribution in [1.29, 1.82) is 0 Å². The van der Waals surface area contributed by atoms with E-state index in [2.05, 4.69) is 4.98 Å². The molecule has 1 aromatic carbocycles. The maximum atomic E-state index is 10.9. The number of hydrogen-bond acceptors (Lipinski definition) is 5. The number of hydrogen-bond donors (Lipinski definition) is 1. The third-order valence-electron chi connectivity index (χ3n) is 4.49. The molecule has 2 saturated heterocycles. The van der Waals surface area contributed by atoms with Gasteiger partial charge < -0.3 is 24.0 Å². The fraction of sp³-hybridized carbons (Fsp3) is 0.533. The molecule has 2 aliphatic rings. The van der Waals surface area contributed by atoms with Gasteiger partial charge in [-0.05, 0) is 26.2 Å². The average Bonchev–Trinajstić information content (AvgIpc) is 3.05. The number of ether oxygens (including phenoxy) is 2. The van der Waals surface area contributed by atoms with Crippen molar-refractivity contribution in [2.45, 2.75) is 30.6 Å². The minimum Gasteiger partial charge on any atom is -0.389 e. The van der Waals surface area contributed by atoms with Crippen LogP contribution in [0.4, 0.5) is 0 Å². The smallest absolute Gasteiger partial charge is 0.181 e. The molecule has 2 bridgehead atoms. The maximum Gasteiger partial charge on any atom is 0.181 e. The first kappa shape index (κ1) is 13.2. The van der Waals surface area contributed by atoms with E-state index in [0.717, 1.165) is 11.0 Å². The van der Waals surface area contributed by atoms with Crippen LogP contribution in [-0.4, -0.2) is 64.8 Å². The Morgan fingerprint density at radius 3 is 2.95 bits per heavy atom. The fourth-order valence-electron chi connectivity index (χ4n) is 3.53. The Bertz CT molecular complexity index is 656. The molecule has 6 nitrogen and oxygen atoms in total. The zero-order valence-electron chi connectivity index (χ0n) is 12.1. The molecule has 1 aromatic heterocycles. The Labute approximate surface area is 122 Å². The van der Waals surface area contributed by atoms with E-state index in [1.165, 1.54) is 0 Å². The highest BCUT2D eigenvalue weighted by Gasteiger charge is 2.51. The fourth-order valence-corrected chi connectivity index (χ4v) is 3.53. The summed E-state index contributed by atoms with van der Waals surface area (Å²) < 4.78 is 13.7. The number of para-hydroxylation sites is 2. The number of rotatable bonds is 2. The number of nitrogens with zero attached hydrogens (tertiary/aromatic N) is 3. The quantitative estimate of drug-likeness (QED) is 0.878. The molecule has 2 fully saturated rings. The lowest BCUT2D eigenvalue weighted by Gasteiger charge is -2.41. The molecule has 2 aromatic rings. The van der Waals surface area contributed by atoms with E-state index in [4.69, 9.17) is 9.47 Å². The third-order valence-corrected chi connectivity index (χ3v) is 4.49. The molecule has 3 heterocycles. The lowest BCUT2D eigenvalue weighted by Crippen LogP contribution is -2.56. The first-order chi connectivity index (χ1) is 10.2. The topological polar surface area (TPSA) is 59.8 Å². The summed E-state index contributed by atoms with van der Waals surface area (Å²) in [5.74, 6) is 0. The van der Waals surface area contributed by atoms with Crippen molar-refractivity contribution in [3.8, 4) is 0 Å². The van der Waals surface area contributed by atoms with Crippen LogP contribution in [0.5, 0.6) is 0 Å². The van der Waals surface area contributed by atoms with E-state index < -0.39 is 12.4 Å². The van der Waals surface area contributed by atoms with Gasteiger partial charge in [0.2, 0.25) is 0 Å².